The Balaban J connectivity index is 1.55. The highest BCUT2D eigenvalue weighted by molar-refractivity contribution is 7.96. The van der Waals surface area contributed by atoms with Gasteiger partial charge in [-0.3, -0.25) is 19.2 Å². The molecule has 15 heteroatoms. The lowest BCUT2D eigenvalue weighted by Crippen LogP contribution is -2.64. The minimum absolute atomic E-state index is 0.0495. The van der Waals surface area contributed by atoms with Gasteiger partial charge in [0.15, 0.2) is 0 Å². The van der Waals surface area contributed by atoms with Crippen LogP contribution in [0, 0.1) is 23.7 Å². The molecule has 292 valence electrons. The van der Waals surface area contributed by atoms with E-state index < -0.39 is 69.0 Å². The molecule has 1 saturated carbocycles. The molecule has 1 aliphatic carbocycles. The largest absolute Gasteiger partial charge is 0.346 e. The van der Waals surface area contributed by atoms with E-state index in [9.17, 15) is 32.7 Å². The van der Waals surface area contributed by atoms with Crippen molar-refractivity contribution in [3.8, 4) is 12.3 Å². The molecule has 3 heterocycles. The molecule has 3 aliphatic rings. The highest BCUT2D eigenvalue weighted by Gasteiger charge is 2.52. The molecular weight excluding hydrogens is 717 g/mol. The molecule has 5 atom stereocenters. The molecule has 2 unspecified atom stereocenters. The zero-order valence-corrected chi connectivity index (χ0v) is 33.2. The van der Waals surface area contributed by atoms with Gasteiger partial charge in [0.05, 0.1) is 29.5 Å². The van der Waals surface area contributed by atoms with Gasteiger partial charge >= 0.3 is 16.4 Å². The summed E-state index contributed by atoms with van der Waals surface area (Å²) in [6, 6.07) is -2.03. The monoisotopic (exact) mass is 773 g/mol. The van der Waals surface area contributed by atoms with E-state index in [1.54, 1.807) is 10.4 Å². The second kappa shape index (κ2) is 18.2. The lowest BCUT2D eigenvalue weighted by Gasteiger charge is -2.41. The van der Waals surface area contributed by atoms with Crippen LogP contribution in [0.2, 0.25) is 0 Å². The summed E-state index contributed by atoms with van der Waals surface area (Å²) in [6.07, 6.45) is 14.0. The number of likely N-dealkylation sites (tertiary alicyclic amines) is 1. The second-order valence-electron chi connectivity index (χ2n) is 15.6. The third-order valence-electron chi connectivity index (χ3n) is 10.6. The number of carbonyl (C=O) groups excluding carboxylic acids is 5. The van der Waals surface area contributed by atoms with Gasteiger partial charge in [0.2, 0.25) is 22.5 Å². The zero-order valence-electron chi connectivity index (χ0n) is 31.5. The summed E-state index contributed by atoms with van der Waals surface area (Å²) in [7, 11) is -3.44. The fourth-order valence-corrected chi connectivity index (χ4v) is 10.7. The molecule has 4 rings (SSSR count). The van der Waals surface area contributed by atoms with E-state index in [4.69, 9.17) is 6.42 Å². The fraction of sp³-hybridized carbons (Fsp3) is 0.658. The Kier molecular flexibility index (Phi) is 14.5. The number of terminal acetylenes is 1. The average molecular weight is 774 g/mol. The zero-order chi connectivity index (χ0) is 39.0. The van der Waals surface area contributed by atoms with Crippen LogP contribution >= 0.6 is 11.3 Å². The van der Waals surface area contributed by atoms with Gasteiger partial charge in [-0.05, 0) is 53.0 Å². The van der Waals surface area contributed by atoms with E-state index in [1.807, 2.05) is 33.1 Å². The number of ketones is 1. The van der Waals surface area contributed by atoms with Crippen LogP contribution in [0.1, 0.15) is 103 Å². The van der Waals surface area contributed by atoms with Crippen LogP contribution in [0.3, 0.4) is 0 Å². The van der Waals surface area contributed by atoms with Gasteiger partial charge in [0.1, 0.15) is 12.1 Å². The minimum Gasteiger partial charge on any atom is -0.346 e. The van der Waals surface area contributed by atoms with Gasteiger partial charge in [0.25, 0.3) is 5.91 Å². The molecular formula is C38H57N6O7S2+. The maximum absolute atomic E-state index is 14.6. The lowest BCUT2D eigenvalue weighted by molar-refractivity contribution is -0.144. The SMILES string of the molecule is C#CCCC(NC(=O)[C@@H]1[C@@H](CCCC)CCN1C(=O)[C@@H](NC(=O)NC1(CN2Cc3sccc3[S+]2(=O)O)CCCCC1)C(C)(C)C)C(=O)C(=O)NCC=C. The van der Waals surface area contributed by atoms with Crippen molar-refractivity contribution in [2.24, 2.45) is 11.3 Å². The third kappa shape index (κ3) is 10.1. The van der Waals surface area contributed by atoms with Crippen LogP contribution in [0.4, 0.5) is 4.79 Å². The molecule has 2 aliphatic heterocycles. The van der Waals surface area contributed by atoms with Gasteiger partial charge < -0.3 is 26.2 Å². The lowest BCUT2D eigenvalue weighted by atomic mass is 9.81. The molecule has 0 aromatic carbocycles. The molecule has 0 spiro atoms. The number of hydrogen-bond donors (Lipinski definition) is 5. The molecule has 0 radical (unpaired) electrons. The number of unbranched alkanes of at least 4 members (excludes halogenated alkanes) is 1. The van der Waals surface area contributed by atoms with Crippen molar-refractivity contribution in [1.29, 1.82) is 0 Å². The summed E-state index contributed by atoms with van der Waals surface area (Å²) < 4.78 is 26.1. The predicted molar refractivity (Wildman–Crippen MR) is 206 cm³/mol. The van der Waals surface area contributed by atoms with E-state index in [0.29, 0.717) is 37.1 Å². The standard InChI is InChI=1S/C38H56N6O7S2/c1-7-10-15-26-17-22-44(30(26)33(46)40-27(16-11-8-2)31(45)34(47)39-21-9-3)35(48)32(37(4,5)6)41-36(49)42-38(19-13-12-14-20-38)25-43-24-28-29(18-23-52-28)53(43,50)51/h2,9,18,23,26-27,30,32H,3,7,10-17,19-22,24-25H2,1,4-6H3,(H4-,39,40,41,42,46,47,49,50,51)/p+1/t26-,27?,30-,32+/m0/s1. The molecule has 1 aromatic heterocycles. The quantitative estimate of drug-likeness (QED) is 0.0716. The Hall–Kier alpha value is -3.58. The van der Waals surface area contributed by atoms with Crippen LogP contribution in [0.15, 0.2) is 29.0 Å². The topological polar surface area (TPSA) is 177 Å². The van der Waals surface area contributed by atoms with Crippen molar-refractivity contribution < 1.29 is 32.7 Å². The molecule has 1 aromatic rings. The highest BCUT2D eigenvalue weighted by atomic mass is 32.3. The summed E-state index contributed by atoms with van der Waals surface area (Å²) in [6.45, 7) is 12.0. The third-order valence-corrected chi connectivity index (χ3v) is 13.5. The Morgan fingerprint density at radius 3 is 2.53 bits per heavy atom. The van der Waals surface area contributed by atoms with Crippen molar-refractivity contribution >= 4 is 51.3 Å². The molecule has 2 fully saturated rings. The number of fused-ring (bicyclic) bond motifs is 1. The van der Waals surface area contributed by atoms with Gasteiger partial charge in [0, 0.05) is 25.6 Å². The van der Waals surface area contributed by atoms with Crippen LogP contribution in [0.25, 0.3) is 0 Å². The summed E-state index contributed by atoms with van der Waals surface area (Å²) in [4.78, 5) is 71.1. The first-order chi connectivity index (χ1) is 25.1. The maximum atomic E-state index is 14.6. The van der Waals surface area contributed by atoms with Crippen molar-refractivity contribution in [2.45, 2.75) is 133 Å². The number of nitrogens with one attached hydrogen (secondary N) is 4. The summed E-state index contributed by atoms with van der Waals surface area (Å²) >= 11 is 1.44. The minimum atomic E-state index is -3.44. The number of nitrogens with zero attached hydrogens (tertiary/aromatic N) is 2. The Morgan fingerprint density at radius 1 is 1.19 bits per heavy atom. The van der Waals surface area contributed by atoms with Crippen LogP contribution in [0.5, 0.6) is 0 Å². The number of Topliss-reactive ketones (excluding diaryl/α,β-unsaturated/α-hetero) is 1. The molecule has 5 amide bonds. The first-order valence-corrected chi connectivity index (χ1v) is 21.1. The van der Waals surface area contributed by atoms with Crippen LogP contribution in [-0.4, -0.2) is 86.6 Å². The molecule has 0 bridgehead atoms. The van der Waals surface area contributed by atoms with E-state index in [0.717, 1.165) is 37.0 Å². The number of hydrogen-bond acceptors (Lipinski definition) is 7. The molecule has 13 nitrogen and oxygen atoms in total. The van der Waals surface area contributed by atoms with Crippen molar-refractivity contribution in [3.63, 3.8) is 0 Å². The highest BCUT2D eigenvalue weighted by Crippen LogP contribution is 2.41. The molecule has 5 N–H and O–H groups in total. The Morgan fingerprint density at radius 2 is 1.91 bits per heavy atom. The normalized spacial score (nSPS) is 23.6. The first kappa shape index (κ1) is 42.2. The van der Waals surface area contributed by atoms with Gasteiger partial charge in [-0.1, -0.05) is 70.2 Å². The summed E-state index contributed by atoms with van der Waals surface area (Å²) in [5.41, 5.74) is -1.56. The van der Waals surface area contributed by atoms with Crippen molar-refractivity contribution in [2.75, 3.05) is 19.6 Å². The summed E-state index contributed by atoms with van der Waals surface area (Å²) in [5, 5.41) is 13.1. The number of urea groups is 1. The van der Waals surface area contributed by atoms with Crippen molar-refractivity contribution in [3.05, 3.63) is 29.0 Å². The van der Waals surface area contributed by atoms with E-state index in [2.05, 4.69) is 33.8 Å². The maximum Gasteiger partial charge on any atom is 0.327 e. The number of rotatable bonds is 16. The van der Waals surface area contributed by atoms with Gasteiger partial charge in [-0.25, -0.2) is 4.79 Å². The van der Waals surface area contributed by atoms with E-state index in [1.165, 1.54) is 22.3 Å². The molecule has 1 saturated heterocycles. The first-order valence-electron chi connectivity index (χ1n) is 18.7. The fourth-order valence-electron chi connectivity index (χ4n) is 7.71. The van der Waals surface area contributed by atoms with E-state index in [-0.39, 0.29) is 38.4 Å². The van der Waals surface area contributed by atoms with Gasteiger partial charge in [-0.2, -0.15) is 4.55 Å². The Bertz CT molecular complexity index is 1610. The Labute approximate surface area is 319 Å². The number of thiophene rings is 1. The molecule has 53 heavy (non-hydrogen) atoms. The van der Waals surface area contributed by atoms with Gasteiger partial charge in [-0.15, -0.1) is 30.3 Å². The number of carbonyl (C=O) groups is 5. The predicted octanol–water partition coefficient (Wildman–Crippen LogP) is 4.40. The smallest absolute Gasteiger partial charge is 0.327 e. The van der Waals surface area contributed by atoms with Crippen LogP contribution in [-0.2, 0) is 40.3 Å². The number of amides is 5. The van der Waals surface area contributed by atoms with Crippen LogP contribution < -0.4 is 21.3 Å². The average Bonchev–Trinajstić information content (AvgIpc) is 3.82. The van der Waals surface area contributed by atoms with Crippen molar-refractivity contribution in [1.82, 2.24) is 30.5 Å². The van der Waals surface area contributed by atoms with E-state index >= 15 is 0 Å². The second-order valence-corrected chi connectivity index (χ2v) is 18.5. The summed E-state index contributed by atoms with van der Waals surface area (Å²) in [5.74, 6) is -0.416.